The zero-order valence-corrected chi connectivity index (χ0v) is 44.6. The molecule has 3 fully saturated rings. The summed E-state index contributed by atoms with van der Waals surface area (Å²) in [6, 6.07) is 12.0. The van der Waals surface area contributed by atoms with E-state index in [0.29, 0.717) is 60.8 Å². The third-order valence-corrected chi connectivity index (χ3v) is 13.5. The van der Waals surface area contributed by atoms with Gasteiger partial charge in [-0.15, -0.1) is 0 Å². The number of benzene rings is 2. The number of hydrogen-bond donors (Lipinski definition) is 1. The number of aliphatic hydroxyl groups excluding tert-OH is 1. The monoisotopic (exact) mass is 999 g/mol. The van der Waals surface area contributed by atoms with Crippen molar-refractivity contribution in [3.8, 4) is 11.5 Å². The van der Waals surface area contributed by atoms with Crippen molar-refractivity contribution in [1.82, 2.24) is 0 Å². The number of non-ortho nitro benzene ring substituents is 2. The normalized spacial score (nSPS) is 25.7. The predicted molar refractivity (Wildman–Crippen MR) is 282 cm³/mol. The van der Waals surface area contributed by atoms with Gasteiger partial charge in [0.2, 0.25) is 0 Å². The van der Waals surface area contributed by atoms with Gasteiger partial charge in [-0.2, -0.15) is 0 Å². The number of hydrogen-bond acceptors (Lipinski definition) is 12. The third-order valence-electron chi connectivity index (χ3n) is 13.5. The molecule has 2 aliphatic heterocycles. The van der Waals surface area contributed by atoms with Crippen LogP contribution >= 0.6 is 0 Å². The summed E-state index contributed by atoms with van der Waals surface area (Å²) in [5.41, 5.74) is 2.10. The van der Waals surface area contributed by atoms with E-state index in [1.807, 2.05) is 52.8 Å². The quantitative estimate of drug-likeness (QED) is 0.0268. The largest absolute Gasteiger partial charge is 0.490 e. The lowest BCUT2D eigenvalue weighted by Crippen LogP contribution is -2.32. The summed E-state index contributed by atoms with van der Waals surface area (Å²) >= 11 is 0. The van der Waals surface area contributed by atoms with E-state index in [1.165, 1.54) is 50.5 Å². The molecular weight excluding hydrogens is 917 g/mol. The minimum atomic E-state index is -0.956. The molecule has 396 valence electrons. The van der Waals surface area contributed by atoms with E-state index in [0.717, 1.165) is 66.6 Å². The first-order chi connectivity index (χ1) is 34.5. The summed E-state index contributed by atoms with van der Waals surface area (Å²) < 4.78 is 36.8. The van der Waals surface area contributed by atoms with E-state index >= 15 is 0 Å². The molecule has 10 atom stereocenters. The van der Waals surface area contributed by atoms with Gasteiger partial charge < -0.3 is 33.5 Å². The molecule has 0 radical (unpaired) electrons. The molecule has 0 spiro atoms. The van der Waals surface area contributed by atoms with Gasteiger partial charge in [0.1, 0.15) is 29.8 Å². The Morgan fingerprint density at radius 1 is 0.875 bits per heavy atom. The molecule has 0 amide bonds. The fourth-order valence-corrected chi connectivity index (χ4v) is 9.21. The molecule has 10 unspecified atom stereocenters. The molecule has 14 nitrogen and oxygen atoms in total. The summed E-state index contributed by atoms with van der Waals surface area (Å²) in [7, 11) is 0. The highest BCUT2D eigenvalue weighted by molar-refractivity contribution is 5.66. The number of carbonyl (C=O) groups excluding carboxylic acids is 1. The van der Waals surface area contributed by atoms with Crippen LogP contribution in [0.3, 0.4) is 0 Å². The molecule has 2 aliphatic carbocycles. The van der Waals surface area contributed by atoms with Crippen molar-refractivity contribution < 1.29 is 48.2 Å². The van der Waals surface area contributed by atoms with Crippen molar-refractivity contribution >= 4 is 17.3 Å². The van der Waals surface area contributed by atoms with Crippen LogP contribution in [0.25, 0.3) is 0 Å². The van der Waals surface area contributed by atoms with Crippen LogP contribution in [0.4, 0.5) is 11.4 Å². The van der Waals surface area contributed by atoms with Crippen molar-refractivity contribution in [1.29, 1.82) is 0 Å². The molecular formula is C58H82N2O12. The number of rotatable bonds is 19. The Balaban J connectivity index is 0.000000562. The minimum absolute atomic E-state index is 0.0241. The van der Waals surface area contributed by atoms with Gasteiger partial charge in [0.15, 0.2) is 0 Å². The second-order valence-corrected chi connectivity index (χ2v) is 19.3. The first-order valence-corrected chi connectivity index (χ1v) is 26.3. The molecule has 0 bridgehead atoms. The van der Waals surface area contributed by atoms with E-state index in [4.69, 9.17) is 28.4 Å². The zero-order chi connectivity index (χ0) is 52.9. The van der Waals surface area contributed by atoms with Crippen molar-refractivity contribution in [3.05, 3.63) is 140 Å². The lowest BCUT2D eigenvalue weighted by molar-refractivity contribution is -0.385. The number of nitrogens with zero attached hydrogens (tertiary/aromatic N) is 2. The highest BCUT2D eigenvalue weighted by Crippen LogP contribution is 2.48. The summed E-state index contributed by atoms with van der Waals surface area (Å²) in [4.78, 5) is 32.8. The molecule has 0 aromatic heterocycles. The third kappa shape index (κ3) is 19.0. The second kappa shape index (κ2) is 29.7. The van der Waals surface area contributed by atoms with Crippen LogP contribution in [0.15, 0.2) is 120 Å². The fourth-order valence-electron chi connectivity index (χ4n) is 9.21. The van der Waals surface area contributed by atoms with Crippen LogP contribution in [-0.4, -0.2) is 57.5 Å². The van der Waals surface area contributed by atoms with Gasteiger partial charge in [-0.1, -0.05) is 79.2 Å². The maximum absolute atomic E-state index is 12.1. The van der Waals surface area contributed by atoms with E-state index in [-0.39, 0.29) is 23.4 Å². The highest BCUT2D eigenvalue weighted by atomic mass is 16.7. The SMILES string of the molecule is C/C=C1/CC(OC(Oc2ccc([N+](=O)[O-])cc2)=C2CCC2)CCC(O)C(OC(C)=O)/C=C/C(C)C(/C(C)=C/C=C/C(C)CC2OC2C(C)C(CC)C2CC2)O1.CC.CC/C=C(/C)Oc1ccc([N+](=O)[O-])cc1. The maximum Gasteiger partial charge on any atom is 0.303 e. The topological polar surface area (TPSA) is 182 Å². The fraction of sp³-hybridized carbons (Fsp3) is 0.569. The van der Waals surface area contributed by atoms with Crippen LogP contribution in [0.2, 0.25) is 0 Å². The number of allylic oxidation sites excluding steroid dienone is 7. The first-order valence-electron chi connectivity index (χ1n) is 26.3. The first kappa shape index (κ1) is 58.8. The van der Waals surface area contributed by atoms with Crippen LogP contribution in [0, 0.1) is 49.8 Å². The lowest BCUT2D eigenvalue weighted by atomic mass is 9.83. The molecule has 4 aliphatic rings. The Kier molecular flexibility index (Phi) is 24.3. The Labute approximate surface area is 428 Å². The summed E-state index contributed by atoms with van der Waals surface area (Å²) in [5.74, 6) is 5.04. The Hall–Kier alpha value is -5.73. The number of nitro benzene ring substituents is 2. The van der Waals surface area contributed by atoms with Gasteiger partial charge in [-0.3, -0.25) is 25.0 Å². The minimum Gasteiger partial charge on any atom is -0.490 e. The van der Waals surface area contributed by atoms with Crippen molar-refractivity contribution in [3.63, 3.8) is 0 Å². The predicted octanol–water partition coefficient (Wildman–Crippen LogP) is 14.4. The van der Waals surface area contributed by atoms with Gasteiger partial charge in [0.25, 0.3) is 17.3 Å². The van der Waals surface area contributed by atoms with Gasteiger partial charge in [0.05, 0.1) is 39.7 Å². The number of aliphatic hydroxyl groups is 1. The number of carbonyl (C=O) groups is 1. The second-order valence-electron chi connectivity index (χ2n) is 19.3. The molecule has 2 aromatic carbocycles. The average Bonchev–Trinajstić information content (AvgIpc) is 4.29. The van der Waals surface area contributed by atoms with Crippen molar-refractivity contribution in [2.24, 2.45) is 29.6 Å². The maximum atomic E-state index is 12.1. The molecule has 2 saturated carbocycles. The number of esters is 1. The highest BCUT2D eigenvalue weighted by Gasteiger charge is 2.48. The number of epoxide rings is 1. The Morgan fingerprint density at radius 2 is 1.49 bits per heavy atom. The lowest BCUT2D eigenvalue weighted by Gasteiger charge is -2.31. The van der Waals surface area contributed by atoms with Crippen molar-refractivity contribution in [2.45, 2.75) is 183 Å². The molecule has 2 heterocycles. The van der Waals surface area contributed by atoms with Crippen LogP contribution in [0.1, 0.15) is 147 Å². The average molecular weight is 999 g/mol. The zero-order valence-electron chi connectivity index (χ0n) is 44.6. The van der Waals surface area contributed by atoms with E-state index in [9.17, 15) is 30.1 Å². The van der Waals surface area contributed by atoms with Crippen molar-refractivity contribution in [2.75, 3.05) is 0 Å². The van der Waals surface area contributed by atoms with Gasteiger partial charge in [-0.05, 0) is 150 Å². The molecule has 6 rings (SSSR count). The smallest absolute Gasteiger partial charge is 0.303 e. The molecule has 1 N–H and O–H groups in total. The number of ether oxygens (including phenoxy) is 6. The van der Waals surface area contributed by atoms with E-state index in [2.05, 4.69) is 52.8 Å². The van der Waals surface area contributed by atoms with Gasteiger partial charge >= 0.3 is 5.97 Å². The van der Waals surface area contributed by atoms with Crippen LogP contribution in [0.5, 0.6) is 11.5 Å². The molecule has 72 heavy (non-hydrogen) atoms. The van der Waals surface area contributed by atoms with Crippen LogP contribution in [-0.2, 0) is 23.7 Å². The molecule has 1 saturated heterocycles. The summed E-state index contributed by atoms with van der Waals surface area (Å²) in [6.07, 6.45) is 22.0. The Bertz CT molecular complexity index is 2220. The standard InChI is InChI=1S/C45H63NO9.C11H13NO3.C2H6/c1-8-36-27-38(54-45(34-14-11-15-34)53-37-21-19-35(20-22-37)46(49)50)23-24-40(48)41(51-32(7)47)25-16-30(5)43(52-36)29(4)13-10-12-28(3)26-42-44(55-42)31(6)39(9-2)33-17-18-33;1-3-4-9(2)15-11-7-5-10(6-8-11)12(13)14;1-2/h8,10,12-13,16,19-22,25,28,30-31,33,38-44,48H,9,11,14-15,17-18,23-24,26-27H2,1-7H3;4-8H,3H2,1-2H3;1-2H3/b12-10+,25-16+,29-13+,36-8-;9-4-;. The summed E-state index contributed by atoms with van der Waals surface area (Å²) in [6.45, 7) is 22.2. The van der Waals surface area contributed by atoms with Crippen LogP contribution < -0.4 is 9.47 Å². The summed E-state index contributed by atoms with van der Waals surface area (Å²) in [5, 5.41) is 32.9. The Morgan fingerprint density at radius 3 is 2.00 bits per heavy atom. The molecule has 2 aromatic rings. The van der Waals surface area contributed by atoms with Gasteiger partial charge in [-0.25, -0.2) is 0 Å². The molecule has 14 heteroatoms. The van der Waals surface area contributed by atoms with Gasteiger partial charge in [0, 0.05) is 49.1 Å². The van der Waals surface area contributed by atoms with E-state index < -0.39 is 34.1 Å². The number of nitro groups is 2. The van der Waals surface area contributed by atoms with E-state index in [1.54, 1.807) is 30.3 Å².